The van der Waals surface area contributed by atoms with Crippen LogP contribution in [-0.4, -0.2) is 21.3 Å². The van der Waals surface area contributed by atoms with Gasteiger partial charge in [-0.3, -0.25) is 0 Å². The van der Waals surface area contributed by atoms with Crippen LogP contribution in [-0.2, 0) is 13.1 Å². The van der Waals surface area contributed by atoms with Gasteiger partial charge in [0.15, 0.2) is 23.0 Å². The molecule has 0 amide bonds. The lowest BCUT2D eigenvalue weighted by Gasteiger charge is -2.22. The maximum atomic E-state index is 11.5. The van der Waals surface area contributed by atoms with Crippen molar-refractivity contribution in [2.24, 2.45) is 0 Å². The lowest BCUT2D eigenvalue weighted by Crippen LogP contribution is -2.22. The van der Waals surface area contributed by atoms with E-state index in [1.54, 1.807) is 35.2 Å². The summed E-state index contributed by atoms with van der Waals surface area (Å²) in [6.07, 6.45) is 3.89. The Morgan fingerprint density at radius 2 is 1.19 bits per heavy atom. The zero-order valence-corrected chi connectivity index (χ0v) is 21.2. The van der Waals surface area contributed by atoms with E-state index < -0.39 is 11.6 Å². The van der Waals surface area contributed by atoms with E-state index in [4.69, 9.17) is 31.9 Å². The molecule has 4 rings (SSSR count). The van der Waals surface area contributed by atoms with Gasteiger partial charge in [-0.05, 0) is 49.2 Å². The number of aryl methyl sites for hydroxylation is 2. The Hall–Kier alpha value is -4.60. The van der Waals surface area contributed by atoms with Crippen molar-refractivity contribution in [3.05, 3.63) is 91.8 Å². The van der Waals surface area contributed by atoms with Gasteiger partial charge in [0, 0.05) is 5.69 Å². The molecule has 10 heteroatoms. The molecule has 0 saturated carbocycles. The summed E-state index contributed by atoms with van der Waals surface area (Å²) < 4.78 is 36.6. The smallest absolute Gasteiger partial charge is 0.493 e. The number of methoxy groups -OCH3 is 3. The monoisotopic (exact) mass is 509 g/mol. The number of benzene rings is 2. The van der Waals surface area contributed by atoms with Crippen molar-refractivity contribution < 1.29 is 31.9 Å². The molecule has 37 heavy (non-hydrogen) atoms. The molecule has 194 valence electrons. The zero-order chi connectivity index (χ0) is 26.5. The molecule has 0 N–H and O–H groups in total. The molecule has 2 aromatic carbocycles. The first-order valence-electron chi connectivity index (χ1n) is 11.3. The first kappa shape index (κ1) is 25.5. The van der Waals surface area contributed by atoms with Gasteiger partial charge >= 0.3 is 11.6 Å². The molecule has 0 saturated heterocycles. The third kappa shape index (κ3) is 5.80. The average Bonchev–Trinajstić information content (AvgIpc) is 3.39. The fourth-order valence-corrected chi connectivity index (χ4v) is 3.81. The maximum absolute atomic E-state index is 11.5. The Kier molecular flexibility index (Phi) is 7.57. The number of nitrogens with zero attached hydrogens (tertiary/aromatic N) is 1. The van der Waals surface area contributed by atoms with Crippen LogP contribution < -0.4 is 30.8 Å². The van der Waals surface area contributed by atoms with Crippen LogP contribution in [0.15, 0.2) is 63.7 Å². The second-order valence-electron chi connectivity index (χ2n) is 8.11. The van der Waals surface area contributed by atoms with Gasteiger partial charge < -0.3 is 36.8 Å². The predicted molar refractivity (Wildman–Crippen MR) is 135 cm³/mol. The topological polar surface area (TPSA) is 118 Å². The van der Waals surface area contributed by atoms with Crippen molar-refractivity contribution in [2.45, 2.75) is 26.9 Å². The molecule has 4 aromatic rings. The highest BCUT2D eigenvalue weighted by Gasteiger charge is 2.19. The van der Waals surface area contributed by atoms with E-state index in [0.717, 1.165) is 16.8 Å². The first-order valence-corrected chi connectivity index (χ1v) is 11.3. The van der Waals surface area contributed by atoms with E-state index in [2.05, 4.69) is 0 Å². The molecule has 0 aliphatic heterocycles. The van der Waals surface area contributed by atoms with Crippen LogP contribution in [0.3, 0.4) is 0 Å². The average molecular weight is 510 g/mol. The summed E-state index contributed by atoms with van der Waals surface area (Å²) in [7, 11) is 4.70. The summed E-state index contributed by atoms with van der Waals surface area (Å²) in [6.45, 7) is 3.73. The highest BCUT2D eigenvalue weighted by Crippen LogP contribution is 2.38. The zero-order valence-electron chi connectivity index (χ0n) is 21.2. The molecule has 0 fully saturated rings. The number of hydrogen-bond acceptors (Lipinski definition) is 10. The van der Waals surface area contributed by atoms with Gasteiger partial charge in [-0.1, -0.05) is 24.3 Å². The quantitative estimate of drug-likeness (QED) is 0.276. The van der Waals surface area contributed by atoms with Crippen LogP contribution in [0.25, 0.3) is 12.2 Å². The molecule has 0 atom stereocenters. The van der Waals surface area contributed by atoms with Gasteiger partial charge in [-0.2, -0.15) is 0 Å². The van der Waals surface area contributed by atoms with E-state index in [1.807, 2.05) is 53.5 Å². The molecule has 0 aliphatic rings. The van der Waals surface area contributed by atoms with Gasteiger partial charge in [0.25, 0.3) is 0 Å². The highest BCUT2D eigenvalue weighted by molar-refractivity contribution is 5.73. The summed E-state index contributed by atoms with van der Waals surface area (Å²) in [6, 6.07) is 11.4. The van der Waals surface area contributed by atoms with Gasteiger partial charge in [-0.25, -0.2) is 9.59 Å². The van der Waals surface area contributed by atoms with Crippen LogP contribution in [0.1, 0.15) is 34.2 Å². The van der Waals surface area contributed by atoms with E-state index in [-0.39, 0.29) is 13.1 Å². The summed E-state index contributed by atoms with van der Waals surface area (Å²) in [4.78, 5) is 25.0. The van der Waals surface area contributed by atoms with Crippen LogP contribution in [0, 0.1) is 13.8 Å². The number of rotatable bonds is 10. The van der Waals surface area contributed by atoms with Crippen molar-refractivity contribution in [3.8, 4) is 17.2 Å². The summed E-state index contributed by atoms with van der Waals surface area (Å²) >= 11 is 0. The first-order chi connectivity index (χ1) is 17.8. The van der Waals surface area contributed by atoms with Crippen molar-refractivity contribution in [3.63, 3.8) is 0 Å². The van der Waals surface area contributed by atoms with Gasteiger partial charge in [0.2, 0.25) is 5.75 Å². The number of anilines is 1. The van der Waals surface area contributed by atoms with Crippen LogP contribution in [0.2, 0.25) is 0 Å². The minimum absolute atomic E-state index is 0.215. The summed E-state index contributed by atoms with van der Waals surface area (Å²) in [5, 5.41) is 0. The Bertz CT molecular complexity index is 1420. The summed E-state index contributed by atoms with van der Waals surface area (Å²) in [5.74, 6) is 1.62. The molecule has 0 radical (unpaired) electrons. The minimum Gasteiger partial charge on any atom is -0.493 e. The molecule has 10 nitrogen and oxygen atoms in total. The second kappa shape index (κ2) is 11.0. The van der Waals surface area contributed by atoms with Crippen molar-refractivity contribution in [2.75, 3.05) is 26.2 Å². The molecule has 2 aromatic heterocycles. The molecular formula is C27H27NO9. The fourth-order valence-electron chi connectivity index (χ4n) is 3.81. The van der Waals surface area contributed by atoms with Crippen LogP contribution in [0.5, 0.6) is 17.2 Å². The van der Waals surface area contributed by atoms with E-state index in [9.17, 15) is 9.59 Å². The van der Waals surface area contributed by atoms with Gasteiger partial charge in [0.1, 0.15) is 11.5 Å². The third-order valence-corrected chi connectivity index (χ3v) is 5.75. The lowest BCUT2D eigenvalue weighted by molar-refractivity contribution is 0.324. The standard InChI is InChI=1S/C27H27NO9/c1-16-23(36-26(29)34-16)14-28(15-24-17(2)35-27(30)37-24)20-10-8-18(9-11-20)6-7-19-12-21(31-3)25(33-5)22(13-19)32-4/h6-13H,14-15H2,1-5H3/b7-6+. The molecular weight excluding hydrogens is 482 g/mol. The lowest BCUT2D eigenvalue weighted by atomic mass is 10.1. The van der Waals surface area contributed by atoms with Gasteiger partial charge in [0.05, 0.1) is 34.4 Å². The molecule has 0 bridgehead atoms. The van der Waals surface area contributed by atoms with Crippen LogP contribution >= 0.6 is 0 Å². The van der Waals surface area contributed by atoms with Crippen LogP contribution in [0.4, 0.5) is 5.69 Å². The molecule has 0 unspecified atom stereocenters. The number of hydrogen-bond donors (Lipinski definition) is 0. The highest BCUT2D eigenvalue weighted by atomic mass is 16.6. The Balaban J connectivity index is 1.60. The van der Waals surface area contributed by atoms with Crippen molar-refractivity contribution >= 4 is 17.8 Å². The van der Waals surface area contributed by atoms with E-state index >= 15 is 0 Å². The largest absolute Gasteiger partial charge is 0.519 e. The van der Waals surface area contributed by atoms with E-state index in [0.29, 0.717) is 40.3 Å². The summed E-state index contributed by atoms with van der Waals surface area (Å²) in [5.41, 5.74) is 2.61. The second-order valence-corrected chi connectivity index (χ2v) is 8.11. The Morgan fingerprint density at radius 3 is 1.59 bits per heavy atom. The molecule has 0 spiro atoms. The number of ether oxygens (including phenoxy) is 3. The SMILES string of the molecule is COc1cc(/C=C/c2ccc(N(Cc3oc(=O)oc3C)Cc3oc(=O)oc3C)cc2)cc(OC)c1OC. The van der Waals surface area contributed by atoms with Crippen molar-refractivity contribution in [1.82, 2.24) is 0 Å². The minimum atomic E-state index is -0.772. The van der Waals surface area contributed by atoms with Gasteiger partial charge in [-0.15, -0.1) is 0 Å². The van der Waals surface area contributed by atoms with E-state index in [1.165, 1.54) is 0 Å². The molecule has 0 aliphatic carbocycles. The normalized spacial score (nSPS) is 11.2. The maximum Gasteiger partial charge on any atom is 0.519 e. The Labute approximate surface area is 212 Å². The predicted octanol–water partition coefficient (Wildman–Crippen LogP) is 4.80. The third-order valence-electron chi connectivity index (χ3n) is 5.75. The van der Waals surface area contributed by atoms with Crippen molar-refractivity contribution in [1.29, 1.82) is 0 Å². The fraction of sp³-hybridized carbons (Fsp3) is 0.259. The molecule has 2 heterocycles. The Morgan fingerprint density at radius 1 is 0.703 bits per heavy atom.